The average molecular weight is 258 g/mol. The molecule has 0 saturated heterocycles. The zero-order valence-corrected chi connectivity index (χ0v) is 10.2. The number of rotatable bonds is 3. The Kier molecular flexibility index (Phi) is 2.66. The van der Waals surface area contributed by atoms with Crippen LogP contribution in [0.15, 0.2) is 10.7 Å². The van der Waals surface area contributed by atoms with Crippen LogP contribution in [0.5, 0.6) is 0 Å². The van der Waals surface area contributed by atoms with Crippen LogP contribution in [0.25, 0.3) is 0 Å². The van der Waals surface area contributed by atoms with Crippen LogP contribution >= 0.6 is 15.9 Å². The average Bonchev–Trinajstić information content (AvgIpc) is 2.92. The van der Waals surface area contributed by atoms with Crippen molar-refractivity contribution in [3.8, 4) is 0 Å². The second kappa shape index (κ2) is 3.66. The molecule has 1 aliphatic carbocycles. The Hall–Kier alpha value is -0.350. The van der Waals surface area contributed by atoms with Crippen LogP contribution in [0.4, 0.5) is 0 Å². The molecule has 1 aliphatic rings. The highest BCUT2D eigenvalue weighted by Gasteiger charge is 2.34. The van der Waals surface area contributed by atoms with E-state index in [1.54, 1.807) is 0 Å². The maximum absolute atomic E-state index is 6.23. The van der Waals surface area contributed by atoms with Crippen molar-refractivity contribution in [2.75, 3.05) is 0 Å². The molecule has 1 fully saturated rings. The summed E-state index contributed by atoms with van der Waals surface area (Å²) >= 11 is 3.49. The third-order valence-electron chi connectivity index (χ3n) is 3.19. The number of nitrogens with two attached hydrogens (primary N) is 1. The monoisotopic (exact) mass is 257 g/mol. The molecule has 0 aliphatic heterocycles. The van der Waals surface area contributed by atoms with Gasteiger partial charge in [-0.05, 0) is 40.6 Å². The van der Waals surface area contributed by atoms with Gasteiger partial charge in [0.2, 0.25) is 0 Å². The van der Waals surface area contributed by atoms with Crippen molar-refractivity contribution in [3.05, 3.63) is 16.4 Å². The molecular formula is C10H16BrN3. The first-order valence-electron chi connectivity index (χ1n) is 5.04. The van der Waals surface area contributed by atoms with E-state index in [-0.39, 0.29) is 6.04 Å². The molecule has 1 aromatic rings. The molecule has 2 rings (SSSR count). The Balaban J connectivity index is 2.20. The second-order valence-corrected chi connectivity index (χ2v) is 5.08. The van der Waals surface area contributed by atoms with Crippen molar-refractivity contribution in [1.29, 1.82) is 0 Å². The predicted octanol–water partition coefficient (Wildman–Crippen LogP) is 2.23. The van der Waals surface area contributed by atoms with Gasteiger partial charge in [-0.25, -0.2) is 0 Å². The van der Waals surface area contributed by atoms with Gasteiger partial charge in [-0.2, -0.15) is 5.10 Å². The number of aryl methyl sites for hydroxylation is 1. The summed E-state index contributed by atoms with van der Waals surface area (Å²) in [5.74, 6) is 1.38. The zero-order chi connectivity index (χ0) is 10.3. The Morgan fingerprint density at radius 2 is 2.29 bits per heavy atom. The molecule has 2 unspecified atom stereocenters. The fourth-order valence-electron chi connectivity index (χ4n) is 1.96. The van der Waals surface area contributed by atoms with Crippen LogP contribution < -0.4 is 5.73 Å². The lowest BCUT2D eigenvalue weighted by Crippen LogP contribution is -2.23. The number of hydrogen-bond acceptors (Lipinski definition) is 2. The zero-order valence-electron chi connectivity index (χ0n) is 8.57. The highest BCUT2D eigenvalue weighted by Crippen LogP contribution is 2.42. The van der Waals surface area contributed by atoms with E-state index in [0.717, 1.165) is 16.1 Å². The van der Waals surface area contributed by atoms with Gasteiger partial charge >= 0.3 is 0 Å². The third kappa shape index (κ3) is 1.73. The summed E-state index contributed by atoms with van der Waals surface area (Å²) in [5.41, 5.74) is 7.35. The standard InChI is InChI=1S/C10H16BrN3/c1-6(7-3-4-7)9(12)10-8(11)5-13-14(10)2/h5-7,9H,3-4,12H2,1-2H3. The van der Waals surface area contributed by atoms with E-state index in [4.69, 9.17) is 5.73 Å². The van der Waals surface area contributed by atoms with Crippen molar-refractivity contribution in [1.82, 2.24) is 9.78 Å². The van der Waals surface area contributed by atoms with Crippen LogP contribution in [0.2, 0.25) is 0 Å². The molecule has 1 heterocycles. The first-order valence-corrected chi connectivity index (χ1v) is 5.83. The summed E-state index contributed by atoms with van der Waals surface area (Å²) in [7, 11) is 1.94. The molecule has 78 valence electrons. The molecule has 4 heteroatoms. The summed E-state index contributed by atoms with van der Waals surface area (Å²) in [6.45, 7) is 2.24. The molecule has 3 nitrogen and oxygen atoms in total. The summed E-state index contributed by atoms with van der Waals surface area (Å²) < 4.78 is 2.90. The van der Waals surface area contributed by atoms with Crippen molar-refractivity contribution in [2.45, 2.75) is 25.8 Å². The van der Waals surface area contributed by atoms with Gasteiger partial charge in [-0.1, -0.05) is 6.92 Å². The lowest BCUT2D eigenvalue weighted by Gasteiger charge is -2.20. The normalized spacial score (nSPS) is 20.9. The first kappa shape index (κ1) is 10.2. The molecule has 1 saturated carbocycles. The minimum absolute atomic E-state index is 0.101. The van der Waals surface area contributed by atoms with Crippen molar-refractivity contribution in [3.63, 3.8) is 0 Å². The van der Waals surface area contributed by atoms with Crippen molar-refractivity contribution >= 4 is 15.9 Å². The second-order valence-electron chi connectivity index (χ2n) is 4.22. The van der Waals surface area contributed by atoms with Crippen molar-refractivity contribution in [2.24, 2.45) is 24.6 Å². The van der Waals surface area contributed by atoms with Gasteiger partial charge in [-0.15, -0.1) is 0 Å². The number of hydrogen-bond donors (Lipinski definition) is 1. The van der Waals surface area contributed by atoms with Crippen LogP contribution in [0.1, 0.15) is 31.5 Å². The van der Waals surface area contributed by atoms with Crippen LogP contribution in [-0.2, 0) is 7.05 Å². The highest BCUT2D eigenvalue weighted by molar-refractivity contribution is 9.10. The Morgan fingerprint density at radius 3 is 2.71 bits per heavy atom. The smallest absolute Gasteiger partial charge is 0.0692 e. The van der Waals surface area contributed by atoms with Crippen LogP contribution in [-0.4, -0.2) is 9.78 Å². The number of nitrogens with zero attached hydrogens (tertiary/aromatic N) is 2. The van der Waals surface area contributed by atoms with E-state index >= 15 is 0 Å². The Morgan fingerprint density at radius 1 is 1.64 bits per heavy atom. The number of halogens is 1. The summed E-state index contributed by atoms with van der Waals surface area (Å²) in [6, 6.07) is 0.101. The largest absolute Gasteiger partial charge is 0.322 e. The SMILES string of the molecule is CC(C1CC1)C(N)c1c(Br)cnn1C. The molecule has 0 amide bonds. The molecule has 0 radical (unpaired) electrons. The highest BCUT2D eigenvalue weighted by atomic mass is 79.9. The Bertz CT molecular complexity index is 311. The van der Waals surface area contributed by atoms with Gasteiger partial charge in [0, 0.05) is 7.05 Å². The van der Waals surface area contributed by atoms with Gasteiger partial charge in [-0.3, -0.25) is 4.68 Å². The van der Waals surface area contributed by atoms with E-state index in [0.29, 0.717) is 5.92 Å². The molecule has 0 aromatic carbocycles. The molecule has 1 aromatic heterocycles. The van der Waals surface area contributed by atoms with Gasteiger partial charge in [0.05, 0.1) is 22.4 Å². The van der Waals surface area contributed by atoms with E-state index in [2.05, 4.69) is 28.0 Å². The Labute approximate surface area is 92.8 Å². The van der Waals surface area contributed by atoms with Gasteiger partial charge in [0.1, 0.15) is 0 Å². The van der Waals surface area contributed by atoms with E-state index in [1.807, 2.05) is 17.9 Å². The van der Waals surface area contributed by atoms with E-state index in [1.165, 1.54) is 12.8 Å². The van der Waals surface area contributed by atoms with Crippen LogP contribution in [0, 0.1) is 11.8 Å². The summed E-state index contributed by atoms with van der Waals surface area (Å²) in [4.78, 5) is 0. The minimum atomic E-state index is 0.101. The molecule has 0 spiro atoms. The van der Waals surface area contributed by atoms with E-state index in [9.17, 15) is 0 Å². The van der Waals surface area contributed by atoms with E-state index < -0.39 is 0 Å². The van der Waals surface area contributed by atoms with Gasteiger partial charge < -0.3 is 5.73 Å². The first-order chi connectivity index (χ1) is 6.61. The van der Waals surface area contributed by atoms with Gasteiger partial charge in [0.15, 0.2) is 0 Å². The third-order valence-corrected chi connectivity index (χ3v) is 3.80. The molecular weight excluding hydrogens is 242 g/mol. The lowest BCUT2D eigenvalue weighted by molar-refractivity contribution is 0.398. The van der Waals surface area contributed by atoms with Crippen LogP contribution in [0.3, 0.4) is 0 Å². The number of aromatic nitrogens is 2. The quantitative estimate of drug-likeness (QED) is 0.903. The maximum Gasteiger partial charge on any atom is 0.0692 e. The minimum Gasteiger partial charge on any atom is -0.322 e. The maximum atomic E-state index is 6.23. The lowest BCUT2D eigenvalue weighted by atomic mass is 9.95. The fraction of sp³-hybridized carbons (Fsp3) is 0.700. The van der Waals surface area contributed by atoms with Gasteiger partial charge in [0.25, 0.3) is 0 Å². The molecule has 14 heavy (non-hydrogen) atoms. The molecule has 0 bridgehead atoms. The fourth-order valence-corrected chi connectivity index (χ4v) is 2.57. The molecule has 2 N–H and O–H groups in total. The van der Waals surface area contributed by atoms with Crippen molar-refractivity contribution < 1.29 is 0 Å². The summed E-state index contributed by atoms with van der Waals surface area (Å²) in [6.07, 6.45) is 4.49. The predicted molar refractivity (Wildman–Crippen MR) is 59.7 cm³/mol. The molecule has 2 atom stereocenters. The topological polar surface area (TPSA) is 43.8 Å². The summed E-state index contributed by atoms with van der Waals surface area (Å²) in [5, 5.41) is 4.19.